The van der Waals surface area contributed by atoms with Gasteiger partial charge in [-0.05, 0) is 31.9 Å². The van der Waals surface area contributed by atoms with Crippen LogP contribution in [0.15, 0.2) is 39.9 Å². The first kappa shape index (κ1) is 18.3. The van der Waals surface area contributed by atoms with Crippen molar-refractivity contribution in [1.82, 2.24) is 14.5 Å². The molecule has 140 valence electrons. The summed E-state index contributed by atoms with van der Waals surface area (Å²) >= 11 is 0. The van der Waals surface area contributed by atoms with E-state index in [9.17, 15) is 9.59 Å². The summed E-state index contributed by atoms with van der Waals surface area (Å²) in [4.78, 5) is 28.8. The number of aromatic amines is 1. The number of hydrogen-bond acceptors (Lipinski definition) is 5. The van der Waals surface area contributed by atoms with Gasteiger partial charge in [0.2, 0.25) is 0 Å². The number of aromatic nitrogens is 2. The molecule has 7 nitrogen and oxygen atoms in total. The second-order valence-corrected chi connectivity index (χ2v) is 6.56. The van der Waals surface area contributed by atoms with Crippen molar-refractivity contribution < 1.29 is 9.47 Å². The Morgan fingerprint density at radius 3 is 2.46 bits per heavy atom. The van der Waals surface area contributed by atoms with E-state index in [-0.39, 0.29) is 17.4 Å². The number of hydrogen-bond donors (Lipinski definition) is 1. The molecule has 2 aromatic rings. The summed E-state index contributed by atoms with van der Waals surface area (Å²) in [6.45, 7) is 4.52. The molecule has 0 atom stereocenters. The highest BCUT2D eigenvalue weighted by Crippen LogP contribution is 2.28. The number of benzene rings is 1. The number of aryl methyl sites for hydroxylation is 1. The van der Waals surface area contributed by atoms with Gasteiger partial charge in [-0.1, -0.05) is 12.1 Å². The van der Waals surface area contributed by atoms with Gasteiger partial charge in [0.05, 0.1) is 7.11 Å². The third-order valence-corrected chi connectivity index (χ3v) is 4.69. The first-order valence-corrected chi connectivity index (χ1v) is 8.89. The molecule has 2 heterocycles. The number of methoxy groups -OCH3 is 1. The standard InChI is InChI=1S/C19H25N3O4/c1-14-13-18(23)22(19(24)20-14)12-11-21-9-7-15(8-10-21)26-17-6-4-3-5-16(17)25-2/h3-6,13,15H,7-12H2,1-2H3,(H,20,24). The van der Waals surface area contributed by atoms with Gasteiger partial charge in [-0.3, -0.25) is 9.36 Å². The summed E-state index contributed by atoms with van der Waals surface area (Å²) in [6.07, 6.45) is 1.95. The lowest BCUT2D eigenvalue weighted by atomic mass is 10.1. The smallest absolute Gasteiger partial charge is 0.328 e. The van der Waals surface area contributed by atoms with Crippen molar-refractivity contribution in [2.75, 3.05) is 26.7 Å². The molecule has 3 rings (SSSR count). The number of ether oxygens (including phenoxy) is 2. The first-order valence-electron chi connectivity index (χ1n) is 8.89. The predicted octanol–water partition coefficient (Wildman–Crippen LogP) is 1.40. The monoisotopic (exact) mass is 359 g/mol. The lowest BCUT2D eigenvalue weighted by Crippen LogP contribution is -2.43. The molecule has 1 aromatic heterocycles. The second-order valence-electron chi connectivity index (χ2n) is 6.56. The fraction of sp³-hybridized carbons (Fsp3) is 0.474. The van der Waals surface area contributed by atoms with Gasteiger partial charge in [-0.2, -0.15) is 0 Å². The minimum Gasteiger partial charge on any atom is -0.493 e. The van der Waals surface area contributed by atoms with Crippen LogP contribution in [0.4, 0.5) is 0 Å². The van der Waals surface area contributed by atoms with Crippen molar-refractivity contribution in [3.05, 3.63) is 56.9 Å². The SMILES string of the molecule is COc1ccccc1OC1CCN(CCn2c(=O)cc(C)[nH]c2=O)CC1. The summed E-state index contributed by atoms with van der Waals surface area (Å²) < 4.78 is 12.7. The molecule has 1 fully saturated rings. The molecule has 0 amide bonds. The van der Waals surface area contributed by atoms with E-state index in [1.807, 2.05) is 24.3 Å². The van der Waals surface area contributed by atoms with E-state index >= 15 is 0 Å². The minimum atomic E-state index is -0.343. The van der Waals surface area contributed by atoms with E-state index in [4.69, 9.17) is 9.47 Å². The first-order chi connectivity index (χ1) is 12.6. The number of rotatable bonds is 6. The van der Waals surface area contributed by atoms with Gasteiger partial charge in [-0.25, -0.2) is 4.79 Å². The molecule has 1 aromatic carbocycles. The summed E-state index contributed by atoms with van der Waals surface area (Å²) in [6, 6.07) is 9.12. The highest BCUT2D eigenvalue weighted by molar-refractivity contribution is 5.39. The van der Waals surface area contributed by atoms with Gasteiger partial charge < -0.3 is 19.4 Å². The van der Waals surface area contributed by atoms with Crippen molar-refractivity contribution in [1.29, 1.82) is 0 Å². The van der Waals surface area contributed by atoms with Crippen LogP contribution in [0, 0.1) is 6.92 Å². The second kappa shape index (κ2) is 8.23. The summed E-state index contributed by atoms with van der Waals surface area (Å²) in [5.74, 6) is 1.51. The predicted molar refractivity (Wildman–Crippen MR) is 99.1 cm³/mol. The van der Waals surface area contributed by atoms with Crippen LogP contribution >= 0.6 is 0 Å². The fourth-order valence-corrected chi connectivity index (χ4v) is 3.24. The Hall–Kier alpha value is -2.54. The van der Waals surface area contributed by atoms with Gasteiger partial charge in [-0.15, -0.1) is 0 Å². The average molecular weight is 359 g/mol. The van der Waals surface area contributed by atoms with Crippen molar-refractivity contribution >= 4 is 0 Å². The normalized spacial score (nSPS) is 15.8. The summed E-state index contributed by atoms with van der Waals surface area (Å²) in [5, 5.41) is 0. The minimum absolute atomic E-state index is 0.146. The molecular weight excluding hydrogens is 334 g/mol. The number of piperidine rings is 1. The highest BCUT2D eigenvalue weighted by atomic mass is 16.5. The van der Waals surface area contributed by atoms with E-state index in [2.05, 4.69) is 9.88 Å². The van der Waals surface area contributed by atoms with E-state index in [0.29, 0.717) is 18.8 Å². The highest BCUT2D eigenvalue weighted by Gasteiger charge is 2.21. The summed E-state index contributed by atoms with van der Waals surface area (Å²) in [5.41, 5.74) is -0.00409. The molecule has 1 saturated heterocycles. The van der Waals surface area contributed by atoms with Gasteiger partial charge in [0.15, 0.2) is 11.5 Å². The van der Waals surface area contributed by atoms with Crippen LogP contribution in [0.25, 0.3) is 0 Å². The molecule has 0 bridgehead atoms. The lowest BCUT2D eigenvalue weighted by molar-refractivity contribution is 0.0957. The van der Waals surface area contributed by atoms with Crippen molar-refractivity contribution in [2.24, 2.45) is 0 Å². The Morgan fingerprint density at radius 1 is 1.12 bits per heavy atom. The maximum Gasteiger partial charge on any atom is 0.328 e. The van der Waals surface area contributed by atoms with Crippen molar-refractivity contribution in [3.63, 3.8) is 0 Å². The zero-order valence-corrected chi connectivity index (χ0v) is 15.2. The van der Waals surface area contributed by atoms with Gasteiger partial charge in [0.1, 0.15) is 6.10 Å². The molecule has 1 aliphatic heterocycles. The number of nitrogens with one attached hydrogen (secondary N) is 1. The number of para-hydroxylation sites is 2. The van der Waals surface area contributed by atoms with Crippen LogP contribution in [0.3, 0.4) is 0 Å². The van der Waals surface area contributed by atoms with Crippen LogP contribution in [-0.2, 0) is 6.54 Å². The molecule has 0 aliphatic carbocycles. The average Bonchev–Trinajstić information content (AvgIpc) is 2.62. The van der Waals surface area contributed by atoms with E-state index in [0.717, 1.165) is 37.4 Å². The summed E-state index contributed by atoms with van der Waals surface area (Å²) in [7, 11) is 1.64. The number of nitrogens with zero attached hydrogens (tertiary/aromatic N) is 2. The van der Waals surface area contributed by atoms with Gasteiger partial charge >= 0.3 is 5.69 Å². The number of H-pyrrole nitrogens is 1. The third-order valence-electron chi connectivity index (χ3n) is 4.69. The molecule has 1 N–H and O–H groups in total. The molecule has 0 saturated carbocycles. The third kappa shape index (κ3) is 4.35. The molecular formula is C19H25N3O4. The Kier molecular flexibility index (Phi) is 5.78. The zero-order valence-electron chi connectivity index (χ0n) is 15.2. The Bertz CT molecular complexity index is 819. The zero-order chi connectivity index (χ0) is 18.5. The maximum absolute atomic E-state index is 11.9. The van der Waals surface area contributed by atoms with Gasteiger partial charge in [0, 0.05) is 37.9 Å². The topological polar surface area (TPSA) is 76.6 Å². The van der Waals surface area contributed by atoms with Crippen LogP contribution < -0.4 is 20.7 Å². The Morgan fingerprint density at radius 2 is 1.81 bits per heavy atom. The largest absolute Gasteiger partial charge is 0.493 e. The lowest BCUT2D eigenvalue weighted by Gasteiger charge is -2.32. The molecule has 0 radical (unpaired) electrons. The quantitative estimate of drug-likeness (QED) is 0.844. The van der Waals surface area contributed by atoms with Gasteiger partial charge in [0.25, 0.3) is 5.56 Å². The van der Waals surface area contributed by atoms with E-state index in [1.165, 1.54) is 10.6 Å². The van der Waals surface area contributed by atoms with Crippen LogP contribution in [0.1, 0.15) is 18.5 Å². The molecule has 0 spiro atoms. The maximum atomic E-state index is 11.9. The van der Waals surface area contributed by atoms with Crippen LogP contribution in [0.5, 0.6) is 11.5 Å². The van der Waals surface area contributed by atoms with Crippen LogP contribution in [-0.4, -0.2) is 47.3 Å². The molecule has 7 heteroatoms. The molecule has 0 unspecified atom stereocenters. The Balaban J connectivity index is 1.51. The van der Waals surface area contributed by atoms with Crippen molar-refractivity contribution in [3.8, 4) is 11.5 Å². The van der Waals surface area contributed by atoms with Crippen LogP contribution in [0.2, 0.25) is 0 Å². The number of likely N-dealkylation sites (tertiary alicyclic amines) is 1. The molecule has 26 heavy (non-hydrogen) atoms. The fourth-order valence-electron chi connectivity index (χ4n) is 3.24. The van der Waals surface area contributed by atoms with E-state index < -0.39 is 0 Å². The van der Waals surface area contributed by atoms with E-state index in [1.54, 1.807) is 14.0 Å². The Labute approximate surface area is 152 Å². The van der Waals surface area contributed by atoms with Crippen molar-refractivity contribution in [2.45, 2.75) is 32.4 Å². The molecule has 1 aliphatic rings.